The van der Waals surface area contributed by atoms with Crippen LogP contribution in [0.2, 0.25) is 0 Å². The van der Waals surface area contributed by atoms with Gasteiger partial charge in [-0.05, 0) is 19.4 Å². The Kier molecular flexibility index (Phi) is 4.68. The van der Waals surface area contributed by atoms with E-state index in [2.05, 4.69) is 4.74 Å². The SMILES string of the molecule is COC(=O)C(C)(C)P(=O)(O)OCc1ccccc1. The zero-order valence-electron chi connectivity index (χ0n) is 10.6. The summed E-state index contributed by atoms with van der Waals surface area (Å²) in [6, 6.07) is 8.97. The summed E-state index contributed by atoms with van der Waals surface area (Å²) in [7, 11) is -2.94. The van der Waals surface area contributed by atoms with E-state index in [0.29, 0.717) is 0 Å². The summed E-state index contributed by atoms with van der Waals surface area (Å²) < 4.78 is 21.6. The van der Waals surface area contributed by atoms with Gasteiger partial charge in [0.1, 0.15) is 0 Å². The largest absolute Gasteiger partial charge is 0.468 e. The molecule has 0 bridgehead atoms. The van der Waals surface area contributed by atoms with Crippen molar-refractivity contribution in [1.82, 2.24) is 0 Å². The molecule has 0 spiro atoms. The highest BCUT2D eigenvalue weighted by atomic mass is 31.2. The van der Waals surface area contributed by atoms with Crippen molar-refractivity contribution in [3.63, 3.8) is 0 Å². The smallest absolute Gasteiger partial charge is 0.345 e. The van der Waals surface area contributed by atoms with E-state index in [-0.39, 0.29) is 6.61 Å². The molecule has 0 fully saturated rings. The molecule has 1 unspecified atom stereocenters. The Labute approximate surface area is 106 Å². The summed E-state index contributed by atoms with van der Waals surface area (Å²) in [5.74, 6) is -0.776. The maximum Gasteiger partial charge on any atom is 0.345 e. The van der Waals surface area contributed by atoms with Crippen molar-refractivity contribution in [2.45, 2.75) is 25.6 Å². The Bertz CT molecular complexity index is 455. The van der Waals surface area contributed by atoms with Crippen LogP contribution in [0.5, 0.6) is 0 Å². The summed E-state index contributed by atoms with van der Waals surface area (Å²) in [5, 5.41) is -1.59. The fraction of sp³-hybridized carbons (Fsp3) is 0.417. The molecule has 6 heteroatoms. The minimum atomic E-state index is -4.11. The fourth-order valence-electron chi connectivity index (χ4n) is 1.26. The highest BCUT2D eigenvalue weighted by Gasteiger charge is 2.48. The van der Waals surface area contributed by atoms with Crippen LogP contribution < -0.4 is 0 Å². The predicted octanol–water partition coefficient (Wildman–Crippen LogP) is 2.34. The highest BCUT2D eigenvalue weighted by molar-refractivity contribution is 7.55. The third kappa shape index (κ3) is 3.19. The Morgan fingerprint density at radius 3 is 2.39 bits per heavy atom. The van der Waals surface area contributed by atoms with Crippen molar-refractivity contribution in [2.24, 2.45) is 0 Å². The van der Waals surface area contributed by atoms with E-state index in [1.165, 1.54) is 21.0 Å². The molecule has 18 heavy (non-hydrogen) atoms. The van der Waals surface area contributed by atoms with Gasteiger partial charge in [-0.25, -0.2) is 0 Å². The molecule has 1 rings (SSSR count). The minimum Gasteiger partial charge on any atom is -0.468 e. The van der Waals surface area contributed by atoms with Crippen LogP contribution in [0, 0.1) is 0 Å². The van der Waals surface area contributed by atoms with E-state index >= 15 is 0 Å². The lowest BCUT2D eigenvalue weighted by atomic mass is 10.2. The first-order valence-corrected chi connectivity index (χ1v) is 6.99. The molecule has 0 heterocycles. The van der Waals surface area contributed by atoms with E-state index in [1.54, 1.807) is 24.3 Å². The lowest BCUT2D eigenvalue weighted by Crippen LogP contribution is -2.33. The van der Waals surface area contributed by atoms with Crippen molar-refractivity contribution < 1.29 is 23.5 Å². The van der Waals surface area contributed by atoms with Gasteiger partial charge in [0, 0.05) is 0 Å². The van der Waals surface area contributed by atoms with Crippen LogP contribution in [0.15, 0.2) is 30.3 Å². The molecule has 1 aromatic rings. The summed E-state index contributed by atoms with van der Waals surface area (Å²) in [5.41, 5.74) is 0.757. The van der Waals surface area contributed by atoms with Crippen LogP contribution in [0.4, 0.5) is 0 Å². The molecule has 1 aromatic carbocycles. The van der Waals surface area contributed by atoms with E-state index in [1.807, 2.05) is 6.07 Å². The maximum absolute atomic E-state index is 12.0. The van der Waals surface area contributed by atoms with Crippen LogP contribution in [0.1, 0.15) is 19.4 Å². The molecule has 0 saturated heterocycles. The van der Waals surface area contributed by atoms with Gasteiger partial charge in [-0.2, -0.15) is 0 Å². The van der Waals surface area contributed by atoms with Gasteiger partial charge in [0.05, 0.1) is 13.7 Å². The van der Waals surface area contributed by atoms with Crippen LogP contribution in [0.3, 0.4) is 0 Å². The summed E-state index contributed by atoms with van der Waals surface area (Å²) in [6.45, 7) is 2.62. The van der Waals surface area contributed by atoms with E-state index in [4.69, 9.17) is 4.52 Å². The number of carbonyl (C=O) groups excluding carboxylic acids is 1. The Balaban J connectivity index is 2.76. The number of rotatable bonds is 5. The van der Waals surface area contributed by atoms with Gasteiger partial charge >= 0.3 is 13.6 Å². The second-order valence-corrected chi connectivity index (χ2v) is 6.75. The molecule has 0 amide bonds. The Morgan fingerprint density at radius 2 is 1.89 bits per heavy atom. The standard InChI is InChI=1S/C12H17O5P/c1-12(2,11(13)16-3)18(14,15)17-9-10-7-5-4-6-8-10/h4-8H,9H2,1-3H3,(H,14,15). The molecular formula is C12H17O5P. The quantitative estimate of drug-likeness (QED) is 0.658. The highest BCUT2D eigenvalue weighted by Crippen LogP contribution is 2.56. The van der Waals surface area contributed by atoms with E-state index in [9.17, 15) is 14.3 Å². The van der Waals surface area contributed by atoms with Gasteiger partial charge in [0.2, 0.25) is 0 Å². The molecule has 0 aliphatic heterocycles. The third-order valence-electron chi connectivity index (χ3n) is 2.64. The van der Waals surface area contributed by atoms with Crippen molar-refractivity contribution in [3.05, 3.63) is 35.9 Å². The second kappa shape index (κ2) is 5.65. The van der Waals surface area contributed by atoms with Crippen LogP contribution in [-0.4, -0.2) is 23.1 Å². The number of hydrogen-bond donors (Lipinski definition) is 1. The first kappa shape index (κ1) is 14.9. The first-order chi connectivity index (χ1) is 8.31. The molecule has 0 saturated carbocycles. The predicted molar refractivity (Wildman–Crippen MR) is 67.2 cm³/mol. The number of benzene rings is 1. The lowest BCUT2D eigenvalue weighted by molar-refractivity contribution is -0.143. The van der Waals surface area contributed by atoms with Crippen molar-refractivity contribution in [3.8, 4) is 0 Å². The second-order valence-electron chi connectivity index (χ2n) is 4.33. The van der Waals surface area contributed by atoms with Crippen molar-refractivity contribution in [2.75, 3.05) is 7.11 Å². The summed E-state index contributed by atoms with van der Waals surface area (Å²) in [4.78, 5) is 21.3. The minimum absolute atomic E-state index is 0.0327. The lowest BCUT2D eigenvalue weighted by Gasteiger charge is -2.26. The monoisotopic (exact) mass is 272 g/mol. The number of methoxy groups -OCH3 is 1. The topological polar surface area (TPSA) is 72.8 Å². The van der Waals surface area contributed by atoms with Crippen LogP contribution in [0.25, 0.3) is 0 Å². The Hall–Kier alpha value is -1.16. The first-order valence-electron chi connectivity index (χ1n) is 5.41. The van der Waals surface area contributed by atoms with Gasteiger partial charge < -0.3 is 14.2 Å². The van der Waals surface area contributed by atoms with Crippen molar-refractivity contribution in [1.29, 1.82) is 0 Å². The molecule has 0 aliphatic rings. The Morgan fingerprint density at radius 1 is 1.33 bits per heavy atom. The van der Waals surface area contributed by atoms with E-state index in [0.717, 1.165) is 5.56 Å². The van der Waals surface area contributed by atoms with Crippen LogP contribution in [-0.2, 0) is 25.2 Å². The number of esters is 1. The molecular weight excluding hydrogens is 255 g/mol. The maximum atomic E-state index is 12.0. The van der Waals surface area contributed by atoms with Gasteiger partial charge in [-0.15, -0.1) is 0 Å². The average Bonchev–Trinajstić information content (AvgIpc) is 2.36. The summed E-state index contributed by atoms with van der Waals surface area (Å²) in [6.07, 6.45) is 0. The number of hydrogen-bond acceptors (Lipinski definition) is 4. The van der Waals surface area contributed by atoms with E-state index < -0.39 is 18.7 Å². The summed E-state index contributed by atoms with van der Waals surface area (Å²) >= 11 is 0. The zero-order chi connectivity index (χ0) is 13.8. The van der Waals surface area contributed by atoms with Crippen molar-refractivity contribution >= 4 is 13.6 Å². The van der Waals surface area contributed by atoms with Gasteiger partial charge in [-0.3, -0.25) is 9.36 Å². The molecule has 5 nitrogen and oxygen atoms in total. The molecule has 1 N–H and O–H groups in total. The normalized spacial score (nSPS) is 14.9. The van der Waals surface area contributed by atoms with Gasteiger partial charge in [0.25, 0.3) is 0 Å². The molecule has 100 valence electrons. The molecule has 1 atom stereocenters. The molecule has 0 aliphatic carbocycles. The average molecular weight is 272 g/mol. The molecule has 0 radical (unpaired) electrons. The van der Waals surface area contributed by atoms with Gasteiger partial charge in [0.15, 0.2) is 5.16 Å². The number of carbonyl (C=O) groups is 1. The third-order valence-corrected chi connectivity index (χ3v) is 4.71. The number of ether oxygens (including phenoxy) is 1. The fourth-order valence-corrected chi connectivity index (χ4v) is 2.23. The molecule has 0 aromatic heterocycles. The zero-order valence-corrected chi connectivity index (χ0v) is 11.5. The van der Waals surface area contributed by atoms with Crippen LogP contribution >= 0.6 is 7.60 Å². The van der Waals surface area contributed by atoms with Gasteiger partial charge in [-0.1, -0.05) is 30.3 Å².